The van der Waals surface area contributed by atoms with Gasteiger partial charge in [0.2, 0.25) is 5.91 Å². The molecular weight excluding hydrogens is 280 g/mol. The molecule has 1 aromatic carbocycles. The van der Waals surface area contributed by atoms with Crippen LogP contribution < -0.4 is 15.4 Å². The van der Waals surface area contributed by atoms with E-state index in [-0.39, 0.29) is 24.5 Å². The van der Waals surface area contributed by atoms with Crippen LogP contribution in [0.1, 0.15) is 37.8 Å². The number of benzene rings is 1. The first-order chi connectivity index (χ1) is 10.6. The fraction of sp³-hybridized carbons (Fsp3) is 0.412. The molecule has 1 aliphatic carbocycles. The van der Waals surface area contributed by atoms with Crippen molar-refractivity contribution >= 4 is 17.5 Å². The fourth-order valence-electron chi connectivity index (χ4n) is 2.86. The van der Waals surface area contributed by atoms with Crippen LogP contribution in [0.4, 0.5) is 5.69 Å². The van der Waals surface area contributed by atoms with Gasteiger partial charge >= 0.3 is 0 Å². The van der Waals surface area contributed by atoms with E-state index in [4.69, 9.17) is 4.74 Å². The number of amides is 2. The Morgan fingerprint density at radius 2 is 2.36 bits per heavy atom. The maximum atomic E-state index is 12.1. The van der Waals surface area contributed by atoms with Gasteiger partial charge in [0, 0.05) is 6.42 Å². The van der Waals surface area contributed by atoms with Gasteiger partial charge in [-0.25, -0.2) is 0 Å². The van der Waals surface area contributed by atoms with Crippen molar-refractivity contribution in [1.82, 2.24) is 5.32 Å². The van der Waals surface area contributed by atoms with E-state index in [1.54, 1.807) is 0 Å². The first-order valence-electron chi connectivity index (χ1n) is 7.64. The summed E-state index contributed by atoms with van der Waals surface area (Å²) < 4.78 is 5.33. The molecule has 0 radical (unpaired) electrons. The highest BCUT2D eigenvalue weighted by Gasteiger charge is 2.19. The normalized spacial score (nSPS) is 20.8. The molecule has 0 spiro atoms. The molecule has 22 heavy (non-hydrogen) atoms. The summed E-state index contributed by atoms with van der Waals surface area (Å²) >= 11 is 0. The zero-order chi connectivity index (χ0) is 15.5. The Bertz CT molecular complexity index is 624. The van der Waals surface area contributed by atoms with E-state index in [1.807, 2.05) is 25.1 Å². The SMILES string of the molecule is CC(NC(=O)CC1C=CCC1)c1ccc2c(c1)NC(=O)CO2. The molecule has 0 bridgehead atoms. The van der Waals surface area contributed by atoms with Gasteiger partial charge in [0.25, 0.3) is 5.91 Å². The van der Waals surface area contributed by atoms with Gasteiger partial charge in [0.05, 0.1) is 11.7 Å². The van der Waals surface area contributed by atoms with Crippen LogP contribution in [0.3, 0.4) is 0 Å². The third-order valence-corrected chi connectivity index (χ3v) is 4.07. The van der Waals surface area contributed by atoms with Gasteiger partial charge < -0.3 is 15.4 Å². The van der Waals surface area contributed by atoms with Crippen LogP contribution in [0.5, 0.6) is 5.75 Å². The van der Waals surface area contributed by atoms with Crippen LogP contribution in [0.15, 0.2) is 30.4 Å². The Kier molecular flexibility index (Phi) is 4.13. The maximum Gasteiger partial charge on any atom is 0.262 e. The molecule has 5 heteroatoms. The molecule has 2 N–H and O–H groups in total. The largest absolute Gasteiger partial charge is 0.482 e. The summed E-state index contributed by atoms with van der Waals surface area (Å²) in [5, 5.41) is 5.80. The molecule has 1 aliphatic heterocycles. The van der Waals surface area contributed by atoms with E-state index < -0.39 is 0 Å². The molecule has 0 saturated heterocycles. The first kappa shape index (κ1) is 14.6. The average Bonchev–Trinajstić information content (AvgIpc) is 2.99. The third kappa shape index (κ3) is 3.30. The summed E-state index contributed by atoms with van der Waals surface area (Å²) in [5.74, 6) is 0.929. The third-order valence-electron chi connectivity index (χ3n) is 4.07. The van der Waals surface area contributed by atoms with Crippen molar-refractivity contribution in [2.24, 2.45) is 5.92 Å². The van der Waals surface area contributed by atoms with Crippen molar-refractivity contribution in [2.45, 2.75) is 32.2 Å². The lowest BCUT2D eigenvalue weighted by Gasteiger charge is -2.21. The highest BCUT2D eigenvalue weighted by atomic mass is 16.5. The average molecular weight is 300 g/mol. The summed E-state index contributed by atoms with van der Waals surface area (Å²) in [4.78, 5) is 23.4. The highest BCUT2D eigenvalue weighted by molar-refractivity contribution is 5.95. The van der Waals surface area contributed by atoms with E-state index in [0.29, 0.717) is 23.8 Å². The number of carbonyl (C=O) groups is 2. The van der Waals surface area contributed by atoms with Gasteiger partial charge in [0.1, 0.15) is 5.75 Å². The predicted molar refractivity (Wildman–Crippen MR) is 83.6 cm³/mol. The van der Waals surface area contributed by atoms with Crippen molar-refractivity contribution in [3.8, 4) is 5.75 Å². The number of fused-ring (bicyclic) bond motifs is 1. The molecule has 1 heterocycles. The van der Waals surface area contributed by atoms with Crippen molar-refractivity contribution < 1.29 is 14.3 Å². The summed E-state index contributed by atoms with van der Waals surface area (Å²) in [7, 11) is 0. The van der Waals surface area contributed by atoms with E-state index >= 15 is 0 Å². The Balaban J connectivity index is 1.63. The fourth-order valence-corrected chi connectivity index (χ4v) is 2.86. The summed E-state index contributed by atoms with van der Waals surface area (Å²) in [6.07, 6.45) is 6.91. The van der Waals surface area contributed by atoms with Crippen molar-refractivity contribution in [3.05, 3.63) is 35.9 Å². The van der Waals surface area contributed by atoms with Crippen molar-refractivity contribution in [1.29, 1.82) is 0 Å². The molecule has 5 nitrogen and oxygen atoms in total. The molecule has 0 aromatic heterocycles. The minimum atomic E-state index is -0.158. The molecule has 2 aliphatic rings. The van der Waals surface area contributed by atoms with Crippen LogP contribution in [-0.4, -0.2) is 18.4 Å². The van der Waals surface area contributed by atoms with Crippen molar-refractivity contribution in [3.63, 3.8) is 0 Å². The smallest absolute Gasteiger partial charge is 0.262 e. The number of nitrogens with one attached hydrogen (secondary N) is 2. The standard InChI is InChI=1S/C17H20N2O3/c1-11(18-16(20)8-12-4-2-3-5-12)13-6-7-15-14(9-13)19-17(21)10-22-15/h2,4,6-7,9,11-12H,3,5,8,10H2,1H3,(H,18,20)(H,19,21). The summed E-state index contributed by atoms with van der Waals surface area (Å²) in [6.45, 7) is 1.99. The Morgan fingerprint density at radius 3 is 3.14 bits per heavy atom. The second-order valence-corrected chi connectivity index (χ2v) is 5.85. The second-order valence-electron chi connectivity index (χ2n) is 5.85. The Morgan fingerprint density at radius 1 is 1.50 bits per heavy atom. The zero-order valence-corrected chi connectivity index (χ0v) is 12.6. The quantitative estimate of drug-likeness (QED) is 0.840. The number of ether oxygens (including phenoxy) is 1. The van der Waals surface area contributed by atoms with Gasteiger partial charge in [-0.3, -0.25) is 9.59 Å². The van der Waals surface area contributed by atoms with Gasteiger partial charge in [0.15, 0.2) is 6.61 Å². The van der Waals surface area contributed by atoms with Gasteiger partial charge in [-0.1, -0.05) is 18.2 Å². The molecular formula is C17H20N2O3. The van der Waals surface area contributed by atoms with Gasteiger partial charge in [-0.15, -0.1) is 0 Å². The summed E-state index contributed by atoms with van der Waals surface area (Å²) in [6, 6.07) is 5.48. The number of hydrogen-bond acceptors (Lipinski definition) is 3. The number of anilines is 1. The Labute approximate surface area is 129 Å². The Hall–Kier alpha value is -2.30. The lowest BCUT2D eigenvalue weighted by Crippen LogP contribution is -2.28. The number of rotatable bonds is 4. The van der Waals surface area contributed by atoms with Crippen LogP contribution in [0.2, 0.25) is 0 Å². The monoisotopic (exact) mass is 300 g/mol. The number of carbonyl (C=O) groups excluding carboxylic acids is 2. The van der Waals surface area contributed by atoms with Crippen LogP contribution in [-0.2, 0) is 9.59 Å². The lowest BCUT2D eigenvalue weighted by molar-refractivity contribution is -0.122. The van der Waals surface area contributed by atoms with Gasteiger partial charge in [-0.2, -0.15) is 0 Å². The van der Waals surface area contributed by atoms with Crippen LogP contribution in [0, 0.1) is 5.92 Å². The van der Waals surface area contributed by atoms with E-state index in [9.17, 15) is 9.59 Å². The van der Waals surface area contributed by atoms with E-state index in [2.05, 4.69) is 22.8 Å². The van der Waals surface area contributed by atoms with Crippen LogP contribution >= 0.6 is 0 Å². The minimum Gasteiger partial charge on any atom is -0.482 e. The number of allylic oxidation sites excluding steroid dienone is 2. The zero-order valence-electron chi connectivity index (χ0n) is 12.6. The summed E-state index contributed by atoms with van der Waals surface area (Å²) in [5.41, 5.74) is 1.61. The molecule has 0 fully saturated rings. The molecule has 3 rings (SSSR count). The van der Waals surface area contributed by atoms with Gasteiger partial charge in [-0.05, 0) is 43.4 Å². The molecule has 0 saturated carbocycles. The second kappa shape index (κ2) is 6.22. The minimum absolute atomic E-state index is 0.0491. The van der Waals surface area contributed by atoms with E-state index in [0.717, 1.165) is 18.4 Å². The molecule has 2 amide bonds. The molecule has 116 valence electrons. The highest BCUT2D eigenvalue weighted by Crippen LogP contribution is 2.30. The predicted octanol–water partition coefficient (Wildman–Crippen LogP) is 2.55. The first-order valence-corrected chi connectivity index (χ1v) is 7.64. The van der Waals surface area contributed by atoms with E-state index in [1.165, 1.54) is 0 Å². The number of hydrogen-bond donors (Lipinski definition) is 2. The molecule has 1 aromatic rings. The topological polar surface area (TPSA) is 67.4 Å². The van der Waals surface area contributed by atoms with Crippen molar-refractivity contribution in [2.75, 3.05) is 11.9 Å². The maximum absolute atomic E-state index is 12.1. The molecule has 2 unspecified atom stereocenters. The molecule has 2 atom stereocenters. The van der Waals surface area contributed by atoms with Crippen LogP contribution in [0.25, 0.3) is 0 Å². The lowest BCUT2D eigenvalue weighted by atomic mass is 10.0.